The van der Waals surface area contributed by atoms with Crippen molar-refractivity contribution >= 4 is 29.5 Å². The molecule has 1 aliphatic heterocycles. The van der Waals surface area contributed by atoms with Crippen LogP contribution in [0.1, 0.15) is 23.2 Å². The van der Waals surface area contributed by atoms with E-state index in [-0.39, 0.29) is 19.0 Å². The Labute approximate surface area is 150 Å². The SMILES string of the molecule is CN(CC(=O)N1CCCC(C(=O)O)C1)C(=O)c1cccc(NC(N)=O)c1. The Bertz CT molecular complexity index is 721. The number of nitrogens with one attached hydrogen (secondary N) is 1. The molecule has 0 aromatic heterocycles. The molecule has 1 aromatic rings. The van der Waals surface area contributed by atoms with Crippen molar-refractivity contribution in [3.8, 4) is 0 Å². The van der Waals surface area contributed by atoms with Crippen LogP contribution < -0.4 is 11.1 Å². The van der Waals surface area contributed by atoms with Crippen LogP contribution in [0.5, 0.6) is 0 Å². The Hall–Kier alpha value is -3.10. The topological polar surface area (TPSA) is 133 Å². The first-order valence-electron chi connectivity index (χ1n) is 8.20. The average molecular weight is 362 g/mol. The minimum atomic E-state index is -0.911. The van der Waals surface area contributed by atoms with E-state index >= 15 is 0 Å². The predicted octanol–water partition coefficient (Wildman–Crippen LogP) is 0.572. The van der Waals surface area contributed by atoms with Crippen molar-refractivity contribution in [2.24, 2.45) is 11.7 Å². The summed E-state index contributed by atoms with van der Waals surface area (Å²) in [6.07, 6.45) is 1.18. The zero-order valence-electron chi connectivity index (χ0n) is 14.5. The number of likely N-dealkylation sites (N-methyl/N-ethyl adjacent to an activating group) is 1. The number of nitrogens with two attached hydrogens (primary N) is 1. The Balaban J connectivity index is 1.99. The quantitative estimate of drug-likeness (QED) is 0.704. The van der Waals surface area contributed by atoms with E-state index in [1.54, 1.807) is 18.2 Å². The lowest BCUT2D eigenvalue weighted by Gasteiger charge is -2.32. The molecule has 9 nitrogen and oxygen atoms in total. The van der Waals surface area contributed by atoms with E-state index in [1.165, 1.54) is 22.9 Å². The van der Waals surface area contributed by atoms with Crippen molar-refractivity contribution in [3.05, 3.63) is 29.8 Å². The standard InChI is InChI=1S/C17H22N4O5/c1-20(10-14(22)21-7-3-5-12(9-21)16(24)25)15(23)11-4-2-6-13(8-11)19-17(18)26/h2,4,6,8,12H,3,5,7,9-10H2,1H3,(H,24,25)(H3,18,19,26). The van der Waals surface area contributed by atoms with Gasteiger partial charge in [-0.05, 0) is 31.0 Å². The molecule has 1 aromatic carbocycles. The van der Waals surface area contributed by atoms with Crippen LogP contribution in [0.15, 0.2) is 24.3 Å². The largest absolute Gasteiger partial charge is 0.481 e. The Morgan fingerprint density at radius 3 is 2.73 bits per heavy atom. The number of urea groups is 1. The summed E-state index contributed by atoms with van der Waals surface area (Å²) < 4.78 is 0. The van der Waals surface area contributed by atoms with Crippen molar-refractivity contribution in [1.82, 2.24) is 9.80 Å². The second-order valence-corrected chi connectivity index (χ2v) is 6.25. The number of carbonyl (C=O) groups excluding carboxylic acids is 3. The summed E-state index contributed by atoms with van der Waals surface area (Å²) in [5.74, 6) is -2.16. The average Bonchev–Trinajstić information content (AvgIpc) is 2.60. The number of carbonyl (C=O) groups is 4. The fourth-order valence-electron chi connectivity index (χ4n) is 2.87. The smallest absolute Gasteiger partial charge is 0.316 e. The lowest BCUT2D eigenvalue weighted by molar-refractivity contribution is -0.145. The summed E-state index contributed by atoms with van der Waals surface area (Å²) in [7, 11) is 1.49. The maximum Gasteiger partial charge on any atom is 0.316 e. The third-order valence-electron chi connectivity index (χ3n) is 4.22. The highest BCUT2D eigenvalue weighted by molar-refractivity contribution is 5.98. The van der Waals surface area contributed by atoms with Gasteiger partial charge in [-0.3, -0.25) is 14.4 Å². The third kappa shape index (κ3) is 4.95. The van der Waals surface area contributed by atoms with E-state index in [4.69, 9.17) is 10.8 Å². The molecule has 1 unspecified atom stereocenters. The molecule has 1 heterocycles. The van der Waals surface area contributed by atoms with Crippen LogP contribution in [0.2, 0.25) is 0 Å². The lowest BCUT2D eigenvalue weighted by atomic mass is 9.98. The molecule has 0 aliphatic carbocycles. The van der Waals surface area contributed by atoms with Crippen molar-refractivity contribution in [1.29, 1.82) is 0 Å². The number of aliphatic carboxylic acids is 1. The van der Waals surface area contributed by atoms with E-state index in [1.807, 2.05) is 0 Å². The fourth-order valence-corrected chi connectivity index (χ4v) is 2.87. The number of carboxylic acid groups (broad SMARTS) is 1. The molecule has 1 fully saturated rings. The maximum atomic E-state index is 12.5. The first-order chi connectivity index (χ1) is 12.3. The normalized spacial score (nSPS) is 16.7. The molecule has 1 atom stereocenters. The highest BCUT2D eigenvalue weighted by Gasteiger charge is 2.29. The first-order valence-corrected chi connectivity index (χ1v) is 8.20. The highest BCUT2D eigenvalue weighted by atomic mass is 16.4. The second-order valence-electron chi connectivity index (χ2n) is 6.25. The maximum absolute atomic E-state index is 12.5. The minimum absolute atomic E-state index is 0.154. The number of rotatable bonds is 5. The number of hydrogen-bond acceptors (Lipinski definition) is 4. The van der Waals surface area contributed by atoms with Gasteiger partial charge in [0.05, 0.1) is 12.5 Å². The summed E-state index contributed by atoms with van der Waals surface area (Å²) in [6.45, 7) is 0.496. The molecule has 9 heteroatoms. The third-order valence-corrected chi connectivity index (χ3v) is 4.22. The lowest BCUT2D eigenvalue weighted by Crippen LogP contribution is -2.46. The van der Waals surface area contributed by atoms with Gasteiger partial charge in [-0.2, -0.15) is 0 Å². The molecule has 2 rings (SSSR count). The van der Waals surface area contributed by atoms with Gasteiger partial charge in [0.1, 0.15) is 0 Å². The van der Waals surface area contributed by atoms with Gasteiger partial charge < -0.3 is 26.0 Å². The zero-order chi connectivity index (χ0) is 19.3. The number of primary amides is 1. The molecule has 1 aliphatic rings. The fraction of sp³-hybridized carbons (Fsp3) is 0.412. The van der Waals surface area contributed by atoms with Crippen LogP contribution in [0.3, 0.4) is 0 Å². The molecule has 140 valence electrons. The van der Waals surface area contributed by atoms with E-state index in [0.29, 0.717) is 30.6 Å². The van der Waals surface area contributed by atoms with Gasteiger partial charge in [-0.15, -0.1) is 0 Å². The number of amides is 4. The summed E-state index contributed by atoms with van der Waals surface area (Å²) in [4.78, 5) is 49.6. The molecule has 1 saturated heterocycles. The number of likely N-dealkylation sites (tertiary alicyclic amines) is 1. The van der Waals surface area contributed by atoms with Crippen molar-refractivity contribution < 1.29 is 24.3 Å². The van der Waals surface area contributed by atoms with E-state index in [2.05, 4.69) is 5.32 Å². The molecule has 0 radical (unpaired) electrons. The predicted molar refractivity (Wildman–Crippen MR) is 93.5 cm³/mol. The van der Waals surface area contributed by atoms with Gasteiger partial charge >= 0.3 is 12.0 Å². The van der Waals surface area contributed by atoms with Crippen LogP contribution >= 0.6 is 0 Å². The molecule has 26 heavy (non-hydrogen) atoms. The van der Waals surface area contributed by atoms with Crippen molar-refractivity contribution in [2.75, 3.05) is 32.0 Å². The highest BCUT2D eigenvalue weighted by Crippen LogP contribution is 2.17. The Kier molecular flexibility index (Phi) is 6.16. The summed E-state index contributed by atoms with van der Waals surface area (Å²) in [5.41, 5.74) is 5.73. The van der Waals surface area contributed by atoms with E-state index < -0.39 is 23.8 Å². The van der Waals surface area contributed by atoms with Crippen molar-refractivity contribution in [3.63, 3.8) is 0 Å². The minimum Gasteiger partial charge on any atom is -0.481 e. The van der Waals surface area contributed by atoms with E-state index in [0.717, 1.165) is 0 Å². The first kappa shape index (κ1) is 19.2. The van der Waals surface area contributed by atoms with Crippen LogP contribution in [-0.4, -0.2) is 65.4 Å². The number of anilines is 1. The van der Waals surface area contributed by atoms with Gasteiger partial charge in [-0.25, -0.2) is 4.79 Å². The Morgan fingerprint density at radius 2 is 2.08 bits per heavy atom. The molecular formula is C17H22N4O5. The molecule has 0 bridgehead atoms. The summed E-state index contributed by atoms with van der Waals surface area (Å²) >= 11 is 0. The van der Waals surface area contributed by atoms with Crippen molar-refractivity contribution in [2.45, 2.75) is 12.8 Å². The molecular weight excluding hydrogens is 340 g/mol. The number of benzene rings is 1. The number of hydrogen-bond donors (Lipinski definition) is 3. The zero-order valence-corrected chi connectivity index (χ0v) is 14.5. The van der Waals surface area contributed by atoms with Crippen LogP contribution in [0, 0.1) is 5.92 Å². The molecule has 0 spiro atoms. The number of piperidine rings is 1. The van der Waals surface area contributed by atoms with Gasteiger partial charge in [-0.1, -0.05) is 6.07 Å². The second kappa shape index (κ2) is 8.32. The summed E-state index contributed by atoms with van der Waals surface area (Å²) in [5, 5.41) is 11.5. The van der Waals surface area contributed by atoms with Crippen LogP contribution in [0.25, 0.3) is 0 Å². The van der Waals surface area contributed by atoms with Gasteiger partial charge in [0.15, 0.2) is 0 Å². The van der Waals surface area contributed by atoms with E-state index in [9.17, 15) is 19.2 Å². The number of nitrogens with zero attached hydrogens (tertiary/aromatic N) is 2. The number of carboxylic acids is 1. The molecule has 4 amide bonds. The molecule has 4 N–H and O–H groups in total. The van der Waals surface area contributed by atoms with Gasteiger partial charge in [0.2, 0.25) is 5.91 Å². The van der Waals surface area contributed by atoms with Gasteiger partial charge in [0.25, 0.3) is 5.91 Å². The summed E-state index contributed by atoms with van der Waals surface area (Å²) in [6, 6.07) is 5.48. The van der Waals surface area contributed by atoms with Gasteiger partial charge in [0, 0.05) is 31.4 Å². The monoisotopic (exact) mass is 362 g/mol. The Morgan fingerprint density at radius 1 is 1.35 bits per heavy atom. The van der Waals surface area contributed by atoms with Crippen LogP contribution in [0.4, 0.5) is 10.5 Å². The molecule has 0 saturated carbocycles. The van der Waals surface area contributed by atoms with Crippen LogP contribution in [-0.2, 0) is 9.59 Å².